The van der Waals surface area contributed by atoms with E-state index in [4.69, 9.17) is 4.74 Å². The highest BCUT2D eigenvalue weighted by Gasteiger charge is 2.28. The molecule has 24 heavy (non-hydrogen) atoms. The Morgan fingerprint density at radius 3 is 2.58 bits per heavy atom. The van der Waals surface area contributed by atoms with Crippen LogP contribution >= 0.6 is 0 Å². The zero-order chi connectivity index (χ0) is 17.1. The summed E-state index contributed by atoms with van der Waals surface area (Å²) in [4.78, 5) is 27.1. The predicted molar refractivity (Wildman–Crippen MR) is 93.0 cm³/mol. The van der Waals surface area contributed by atoms with E-state index >= 15 is 0 Å². The van der Waals surface area contributed by atoms with Crippen LogP contribution < -0.4 is 20.5 Å². The minimum atomic E-state index is -0.168. The summed E-state index contributed by atoms with van der Waals surface area (Å²) in [5, 5.41) is 2.68. The van der Waals surface area contributed by atoms with Crippen LogP contribution in [0.4, 0.5) is 5.69 Å². The molecular formula is C18H19N3O3. The van der Waals surface area contributed by atoms with Gasteiger partial charge in [-0.15, -0.1) is 0 Å². The first-order valence-electron chi connectivity index (χ1n) is 7.69. The molecule has 0 bridgehead atoms. The maximum Gasteiger partial charge on any atom is 0.250 e. The fraction of sp³-hybridized carbons (Fsp3) is 0.222. The smallest absolute Gasteiger partial charge is 0.250 e. The van der Waals surface area contributed by atoms with Crippen LogP contribution in [0.3, 0.4) is 0 Å². The van der Waals surface area contributed by atoms with Crippen molar-refractivity contribution >= 4 is 17.3 Å². The van der Waals surface area contributed by atoms with Gasteiger partial charge in [-0.1, -0.05) is 24.8 Å². The summed E-state index contributed by atoms with van der Waals surface area (Å²) >= 11 is 0. The summed E-state index contributed by atoms with van der Waals surface area (Å²) in [6, 6.07) is 12.7. The SMILES string of the molecule is C=C(NC(C)=O)c1ccc(N2CC(Oc3cccc(=O)[nH]3)C2)cc1. The van der Waals surface area contributed by atoms with Gasteiger partial charge in [0.2, 0.25) is 5.91 Å². The summed E-state index contributed by atoms with van der Waals surface area (Å²) < 4.78 is 5.73. The van der Waals surface area contributed by atoms with Gasteiger partial charge >= 0.3 is 0 Å². The second-order valence-electron chi connectivity index (χ2n) is 5.73. The van der Waals surface area contributed by atoms with Crippen molar-refractivity contribution in [3.63, 3.8) is 0 Å². The van der Waals surface area contributed by atoms with Gasteiger partial charge in [0.1, 0.15) is 6.10 Å². The van der Waals surface area contributed by atoms with E-state index in [2.05, 4.69) is 21.8 Å². The molecular weight excluding hydrogens is 306 g/mol. The molecule has 1 aromatic carbocycles. The van der Waals surface area contributed by atoms with Crippen molar-refractivity contribution in [2.24, 2.45) is 0 Å². The molecule has 1 aliphatic rings. The van der Waals surface area contributed by atoms with Crippen molar-refractivity contribution < 1.29 is 9.53 Å². The highest BCUT2D eigenvalue weighted by atomic mass is 16.5. The molecule has 0 spiro atoms. The zero-order valence-electron chi connectivity index (χ0n) is 13.4. The van der Waals surface area contributed by atoms with Crippen LogP contribution in [0.2, 0.25) is 0 Å². The van der Waals surface area contributed by atoms with Gasteiger partial charge < -0.3 is 15.0 Å². The molecule has 1 aromatic heterocycles. The van der Waals surface area contributed by atoms with Crippen LogP contribution in [0.15, 0.2) is 53.8 Å². The monoisotopic (exact) mass is 325 g/mol. The maximum atomic E-state index is 11.2. The summed E-state index contributed by atoms with van der Waals surface area (Å²) in [5.41, 5.74) is 2.38. The van der Waals surface area contributed by atoms with Crippen LogP contribution in [0.1, 0.15) is 12.5 Å². The standard InChI is InChI=1S/C18H19N3O3/c1-12(19-13(2)22)14-6-8-15(9-7-14)21-10-16(11-21)24-18-5-3-4-17(23)20-18/h3-9,16H,1,10-11H2,2H3,(H,19,22)(H,20,23). The van der Waals surface area contributed by atoms with Crippen LogP contribution in [-0.2, 0) is 4.79 Å². The second-order valence-corrected chi connectivity index (χ2v) is 5.73. The van der Waals surface area contributed by atoms with Crippen molar-refractivity contribution in [2.75, 3.05) is 18.0 Å². The number of aromatic amines is 1. The molecule has 0 aliphatic carbocycles. The van der Waals surface area contributed by atoms with Gasteiger partial charge in [0, 0.05) is 24.4 Å². The number of amides is 1. The normalized spacial score (nSPS) is 14.0. The number of nitrogens with zero attached hydrogens (tertiary/aromatic N) is 1. The van der Waals surface area contributed by atoms with E-state index in [0.717, 1.165) is 24.3 Å². The van der Waals surface area contributed by atoms with Crippen molar-refractivity contribution in [2.45, 2.75) is 13.0 Å². The van der Waals surface area contributed by atoms with Crippen LogP contribution in [0, 0.1) is 0 Å². The van der Waals surface area contributed by atoms with Gasteiger partial charge in [-0.25, -0.2) is 0 Å². The minimum absolute atomic E-state index is 0.0528. The number of benzene rings is 1. The number of carbonyl (C=O) groups excluding carboxylic acids is 1. The summed E-state index contributed by atoms with van der Waals surface area (Å²) in [6.45, 7) is 6.81. The molecule has 6 nitrogen and oxygen atoms in total. The molecule has 0 unspecified atom stereocenters. The third-order valence-corrected chi connectivity index (χ3v) is 3.79. The predicted octanol–water partition coefficient (Wildman–Crippen LogP) is 1.75. The quantitative estimate of drug-likeness (QED) is 0.878. The number of hydrogen-bond acceptors (Lipinski definition) is 4. The molecule has 1 amide bonds. The number of aromatic nitrogens is 1. The van der Waals surface area contributed by atoms with Crippen LogP contribution in [-0.4, -0.2) is 30.1 Å². The summed E-state index contributed by atoms with van der Waals surface area (Å²) in [5.74, 6) is 0.361. The lowest BCUT2D eigenvalue weighted by molar-refractivity contribution is -0.117. The van der Waals surface area contributed by atoms with Gasteiger partial charge in [-0.2, -0.15) is 0 Å². The van der Waals surface area contributed by atoms with Gasteiger partial charge in [-0.3, -0.25) is 14.6 Å². The molecule has 3 rings (SSSR count). The number of ether oxygens (including phenoxy) is 1. The highest BCUT2D eigenvalue weighted by Crippen LogP contribution is 2.24. The Labute approximate surface area is 139 Å². The first kappa shape index (κ1) is 15.9. The topological polar surface area (TPSA) is 74.4 Å². The molecule has 2 aromatic rings. The number of H-pyrrole nitrogens is 1. The number of nitrogens with one attached hydrogen (secondary N) is 2. The maximum absolute atomic E-state index is 11.2. The van der Waals surface area contributed by atoms with E-state index in [0.29, 0.717) is 11.6 Å². The molecule has 1 aliphatic heterocycles. The summed E-state index contributed by atoms with van der Waals surface area (Å²) in [7, 11) is 0. The van der Waals surface area contributed by atoms with E-state index in [9.17, 15) is 9.59 Å². The lowest BCUT2D eigenvalue weighted by atomic mass is 10.1. The molecule has 0 saturated carbocycles. The summed E-state index contributed by atoms with van der Waals surface area (Å²) in [6.07, 6.45) is 0.0528. The van der Waals surface area contributed by atoms with Crippen molar-refractivity contribution in [3.05, 3.63) is 65.0 Å². The Bertz CT molecular complexity index is 805. The fourth-order valence-electron chi connectivity index (χ4n) is 2.56. The molecule has 1 saturated heterocycles. The Morgan fingerprint density at radius 2 is 1.96 bits per heavy atom. The Balaban J connectivity index is 1.55. The number of carbonyl (C=O) groups is 1. The molecule has 6 heteroatoms. The Hall–Kier alpha value is -3.02. The van der Waals surface area contributed by atoms with E-state index in [-0.39, 0.29) is 17.6 Å². The molecule has 1 fully saturated rings. The van der Waals surface area contributed by atoms with E-state index in [1.807, 2.05) is 24.3 Å². The first-order valence-corrected chi connectivity index (χ1v) is 7.69. The average molecular weight is 325 g/mol. The molecule has 0 radical (unpaired) electrons. The van der Waals surface area contributed by atoms with Gasteiger partial charge in [0.25, 0.3) is 5.56 Å². The third-order valence-electron chi connectivity index (χ3n) is 3.79. The molecule has 2 heterocycles. The van der Waals surface area contributed by atoms with E-state index in [1.165, 1.54) is 13.0 Å². The van der Waals surface area contributed by atoms with E-state index in [1.54, 1.807) is 12.1 Å². The van der Waals surface area contributed by atoms with Crippen LogP contribution in [0.25, 0.3) is 5.70 Å². The minimum Gasteiger partial charge on any atom is -0.472 e. The fourth-order valence-corrected chi connectivity index (χ4v) is 2.56. The number of hydrogen-bond donors (Lipinski definition) is 2. The molecule has 0 atom stereocenters. The van der Waals surface area contributed by atoms with Crippen molar-refractivity contribution in [1.82, 2.24) is 10.3 Å². The van der Waals surface area contributed by atoms with Crippen molar-refractivity contribution in [1.29, 1.82) is 0 Å². The van der Waals surface area contributed by atoms with Crippen molar-refractivity contribution in [3.8, 4) is 5.88 Å². The lowest BCUT2D eigenvalue weighted by Crippen LogP contribution is -2.54. The number of pyridine rings is 1. The third kappa shape index (κ3) is 3.65. The number of anilines is 1. The van der Waals surface area contributed by atoms with Gasteiger partial charge in [-0.05, 0) is 23.8 Å². The average Bonchev–Trinajstić information content (AvgIpc) is 2.50. The van der Waals surface area contributed by atoms with E-state index < -0.39 is 0 Å². The zero-order valence-corrected chi connectivity index (χ0v) is 13.4. The second kappa shape index (κ2) is 6.62. The molecule has 124 valence electrons. The highest BCUT2D eigenvalue weighted by molar-refractivity contribution is 5.84. The van der Waals surface area contributed by atoms with Crippen LogP contribution in [0.5, 0.6) is 5.88 Å². The molecule has 2 N–H and O–H groups in total. The first-order chi connectivity index (χ1) is 11.5. The van der Waals surface area contributed by atoms with Gasteiger partial charge in [0.15, 0.2) is 5.88 Å². The lowest BCUT2D eigenvalue weighted by Gasteiger charge is -2.40. The Kier molecular flexibility index (Phi) is 4.37. The Morgan fingerprint density at radius 1 is 1.25 bits per heavy atom. The number of rotatable bonds is 5. The largest absolute Gasteiger partial charge is 0.472 e. The van der Waals surface area contributed by atoms with Gasteiger partial charge in [0.05, 0.1) is 13.1 Å².